The van der Waals surface area contributed by atoms with Gasteiger partial charge < -0.3 is 16.0 Å². The maximum atomic E-state index is 12.8. The number of aromatic nitrogens is 1. The molecule has 1 unspecified atom stereocenters. The highest BCUT2D eigenvalue weighted by atomic mass is 79.9. The van der Waals surface area contributed by atoms with Crippen molar-refractivity contribution in [3.05, 3.63) is 69.6 Å². The first-order chi connectivity index (χ1) is 15.6. The Labute approximate surface area is 196 Å². The normalized spacial score (nSPS) is 17.1. The third-order valence-corrected chi connectivity index (χ3v) is 5.57. The summed E-state index contributed by atoms with van der Waals surface area (Å²) in [6.45, 7) is 0. The van der Waals surface area contributed by atoms with Crippen LogP contribution in [0.1, 0.15) is 23.4 Å². The second kappa shape index (κ2) is 10.2. The number of likely N-dealkylation sites (N-methyl/N-ethyl adjacent to an activating group) is 1. The molecular formula is C22H21BrF3N5O2. The minimum Gasteiger partial charge on any atom is -0.404 e. The average Bonchev–Trinajstić information content (AvgIpc) is 2.88. The number of carbonyl (C=O) groups excluding carboxylic acids is 2. The molecule has 0 bridgehead atoms. The predicted octanol–water partition coefficient (Wildman–Crippen LogP) is 4.01. The molecule has 3 amide bonds. The minimum absolute atomic E-state index is 0.0491. The van der Waals surface area contributed by atoms with Gasteiger partial charge in [0.15, 0.2) is 0 Å². The molecule has 11 heteroatoms. The smallest absolute Gasteiger partial charge is 0.404 e. The van der Waals surface area contributed by atoms with Crippen LogP contribution in [0.2, 0.25) is 0 Å². The van der Waals surface area contributed by atoms with Gasteiger partial charge in [0.05, 0.1) is 0 Å². The van der Waals surface area contributed by atoms with Crippen LogP contribution in [0.3, 0.4) is 0 Å². The first-order valence-corrected chi connectivity index (χ1v) is 10.7. The molecule has 1 aromatic carbocycles. The second-order valence-electron chi connectivity index (χ2n) is 7.40. The minimum atomic E-state index is -4.56. The van der Waals surface area contributed by atoms with Crippen molar-refractivity contribution < 1.29 is 22.8 Å². The van der Waals surface area contributed by atoms with E-state index in [0.29, 0.717) is 18.4 Å². The van der Waals surface area contributed by atoms with Gasteiger partial charge in [0.2, 0.25) is 5.91 Å². The van der Waals surface area contributed by atoms with Crippen LogP contribution in [0.4, 0.5) is 23.7 Å². The van der Waals surface area contributed by atoms with Gasteiger partial charge in [-0.1, -0.05) is 28.1 Å². The fourth-order valence-corrected chi connectivity index (χ4v) is 3.74. The van der Waals surface area contributed by atoms with E-state index in [2.05, 4.69) is 31.2 Å². The SMILES string of the molecule is CN1C(=O)C(NC(=O)N=CC(=CN)Cc2cccc(C(F)(F)F)n2)CCc2ccc(Br)cc21. The number of aliphatic imine (C=N–C) groups is 1. The lowest BCUT2D eigenvalue weighted by molar-refractivity contribution is -0.141. The number of carbonyl (C=O) groups is 2. The Morgan fingerprint density at radius 2 is 2.12 bits per heavy atom. The fourth-order valence-electron chi connectivity index (χ4n) is 3.39. The molecule has 174 valence electrons. The lowest BCUT2D eigenvalue weighted by Crippen LogP contribution is -2.46. The second-order valence-corrected chi connectivity index (χ2v) is 8.32. The first-order valence-electron chi connectivity index (χ1n) is 9.93. The number of hydrogen-bond acceptors (Lipinski definition) is 4. The summed E-state index contributed by atoms with van der Waals surface area (Å²) in [4.78, 5) is 34.0. The molecule has 7 nitrogen and oxygen atoms in total. The molecule has 3 rings (SSSR count). The zero-order chi connectivity index (χ0) is 24.2. The van der Waals surface area contributed by atoms with E-state index >= 15 is 0 Å². The highest BCUT2D eigenvalue weighted by Gasteiger charge is 2.32. The molecule has 0 fully saturated rings. The highest BCUT2D eigenvalue weighted by molar-refractivity contribution is 9.10. The number of nitrogens with zero attached hydrogens (tertiary/aromatic N) is 3. The Bertz CT molecular complexity index is 1120. The summed E-state index contributed by atoms with van der Waals surface area (Å²) >= 11 is 3.39. The molecule has 0 spiro atoms. The van der Waals surface area contributed by atoms with Crippen molar-refractivity contribution in [1.29, 1.82) is 0 Å². The average molecular weight is 524 g/mol. The van der Waals surface area contributed by atoms with Crippen LogP contribution < -0.4 is 16.0 Å². The third kappa shape index (κ3) is 6.19. The number of nitrogens with two attached hydrogens (primary N) is 1. The van der Waals surface area contributed by atoms with Gasteiger partial charge in [-0.25, -0.2) is 14.8 Å². The number of pyridine rings is 1. The molecule has 2 heterocycles. The maximum Gasteiger partial charge on any atom is 0.433 e. The number of urea groups is 1. The zero-order valence-corrected chi connectivity index (χ0v) is 19.2. The van der Waals surface area contributed by atoms with E-state index in [1.165, 1.54) is 17.0 Å². The van der Waals surface area contributed by atoms with E-state index in [-0.39, 0.29) is 18.0 Å². The van der Waals surface area contributed by atoms with Gasteiger partial charge in [-0.05, 0) is 54.4 Å². The van der Waals surface area contributed by atoms with Gasteiger partial charge in [-0.2, -0.15) is 13.2 Å². The molecule has 3 N–H and O–H groups in total. The summed E-state index contributed by atoms with van der Waals surface area (Å²) in [5, 5.41) is 2.59. The van der Waals surface area contributed by atoms with Crippen molar-refractivity contribution in [2.24, 2.45) is 10.7 Å². The topological polar surface area (TPSA) is 101 Å². The third-order valence-electron chi connectivity index (χ3n) is 5.08. The van der Waals surface area contributed by atoms with Crippen LogP contribution in [-0.4, -0.2) is 36.2 Å². The zero-order valence-electron chi connectivity index (χ0n) is 17.6. The van der Waals surface area contributed by atoms with E-state index in [0.717, 1.165) is 34.2 Å². The molecule has 2 aromatic rings. The molecular weight excluding hydrogens is 503 g/mol. The summed E-state index contributed by atoms with van der Waals surface area (Å²) < 4.78 is 39.4. The number of nitrogens with one attached hydrogen (secondary N) is 1. The van der Waals surface area contributed by atoms with Crippen LogP contribution in [0.15, 0.2) is 57.6 Å². The van der Waals surface area contributed by atoms with Crippen molar-refractivity contribution in [1.82, 2.24) is 10.3 Å². The molecule has 1 aliphatic heterocycles. The number of aryl methyl sites for hydroxylation is 1. The summed E-state index contributed by atoms with van der Waals surface area (Å²) in [5.74, 6) is -0.279. The molecule has 1 aliphatic rings. The predicted molar refractivity (Wildman–Crippen MR) is 122 cm³/mol. The van der Waals surface area contributed by atoms with Crippen molar-refractivity contribution >= 4 is 39.8 Å². The molecule has 1 atom stereocenters. The number of rotatable bonds is 4. The molecule has 0 radical (unpaired) electrons. The van der Waals surface area contributed by atoms with Gasteiger partial charge in [-0.3, -0.25) is 4.79 Å². The van der Waals surface area contributed by atoms with E-state index in [4.69, 9.17) is 5.73 Å². The van der Waals surface area contributed by atoms with Gasteiger partial charge in [0.1, 0.15) is 11.7 Å². The molecule has 0 saturated heterocycles. The number of anilines is 1. The Hall–Kier alpha value is -3.21. The number of amides is 3. The number of halogens is 4. The van der Waals surface area contributed by atoms with Crippen molar-refractivity contribution in [3.63, 3.8) is 0 Å². The van der Waals surface area contributed by atoms with E-state index in [9.17, 15) is 22.8 Å². The monoisotopic (exact) mass is 523 g/mol. The number of alkyl halides is 3. The molecule has 1 aromatic heterocycles. The van der Waals surface area contributed by atoms with Crippen molar-refractivity contribution in [2.75, 3.05) is 11.9 Å². The van der Waals surface area contributed by atoms with Gasteiger partial charge >= 0.3 is 12.2 Å². The molecule has 0 aliphatic carbocycles. The van der Waals surface area contributed by atoms with Gasteiger partial charge in [0.25, 0.3) is 0 Å². The fraction of sp³-hybridized carbons (Fsp3) is 0.273. The quantitative estimate of drug-likeness (QED) is 0.591. The Morgan fingerprint density at radius 3 is 2.82 bits per heavy atom. The van der Waals surface area contributed by atoms with Crippen molar-refractivity contribution in [3.8, 4) is 0 Å². The largest absolute Gasteiger partial charge is 0.433 e. The Kier molecular flexibility index (Phi) is 7.52. The van der Waals surface area contributed by atoms with Crippen molar-refractivity contribution in [2.45, 2.75) is 31.5 Å². The highest BCUT2D eigenvalue weighted by Crippen LogP contribution is 2.29. The molecule has 33 heavy (non-hydrogen) atoms. The van der Waals surface area contributed by atoms with E-state index in [1.807, 2.05) is 18.2 Å². The number of hydrogen-bond donors (Lipinski definition) is 2. The number of allylic oxidation sites excluding steroid dienone is 1. The summed E-state index contributed by atoms with van der Waals surface area (Å²) in [5.41, 5.74) is 6.68. The van der Waals surface area contributed by atoms with Crippen LogP contribution in [0, 0.1) is 0 Å². The Morgan fingerprint density at radius 1 is 1.36 bits per heavy atom. The molecule has 0 saturated carbocycles. The van der Waals surface area contributed by atoms with Gasteiger partial charge in [-0.15, -0.1) is 0 Å². The summed E-state index contributed by atoms with van der Waals surface area (Å²) in [6, 6.07) is 7.65. The van der Waals surface area contributed by atoms with E-state index < -0.39 is 23.9 Å². The van der Waals surface area contributed by atoms with Crippen LogP contribution in [-0.2, 0) is 23.8 Å². The Balaban J connectivity index is 1.65. The lowest BCUT2D eigenvalue weighted by atomic mass is 10.1. The first kappa shape index (κ1) is 24.4. The standard InChI is InChI=1S/C22H21BrF3N5O2/c1-31-18-10-15(23)7-5-14(18)6-8-17(20(31)32)30-21(33)28-12-13(11-27)9-16-3-2-4-19(29-16)22(24,25)26/h2-5,7,10-12,17H,6,8-9,27H2,1H3,(H,30,33). The summed E-state index contributed by atoms with van der Waals surface area (Å²) in [6.07, 6.45) is -1.35. The van der Waals surface area contributed by atoms with Crippen LogP contribution in [0.5, 0.6) is 0 Å². The van der Waals surface area contributed by atoms with Gasteiger partial charge in [0, 0.05) is 35.5 Å². The number of benzene rings is 1. The van der Waals surface area contributed by atoms with Crippen LogP contribution >= 0.6 is 15.9 Å². The lowest BCUT2D eigenvalue weighted by Gasteiger charge is -2.21. The van der Waals surface area contributed by atoms with Crippen LogP contribution in [0.25, 0.3) is 0 Å². The van der Waals surface area contributed by atoms with E-state index in [1.54, 1.807) is 7.05 Å². The maximum absolute atomic E-state index is 12.8. The number of fused-ring (bicyclic) bond motifs is 1. The summed E-state index contributed by atoms with van der Waals surface area (Å²) in [7, 11) is 1.64.